The standard InChI is InChI=1S/C23H27N3O4S/c1-15-10-11-20(16(2)14-15)29-12-7-13-30-21-9-6-5-8-19(21)22-26(18(4)28)25-23(31-22)24-17(3)27/h5-6,8-11,14,22H,7,12-13H2,1-4H3,(H,24,25,27)/t22-/m0/s1. The monoisotopic (exact) mass is 441 g/mol. The van der Waals surface area contributed by atoms with Crippen LogP contribution in [-0.2, 0) is 9.59 Å². The van der Waals surface area contributed by atoms with Crippen LogP contribution in [0.4, 0.5) is 0 Å². The molecular formula is C23H27N3O4S. The summed E-state index contributed by atoms with van der Waals surface area (Å²) in [6.45, 7) is 7.96. The van der Waals surface area contributed by atoms with Crippen LogP contribution in [0.2, 0.25) is 0 Å². The normalized spacial score (nSPS) is 15.4. The van der Waals surface area contributed by atoms with Gasteiger partial charge in [-0.15, -0.1) is 5.10 Å². The lowest BCUT2D eigenvalue weighted by molar-refractivity contribution is -0.129. The summed E-state index contributed by atoms with van der Waals surface area (Å²) in [4.78, 5) is 23.5. The van der Waals surface area contributed by atoms with E-state index in [9.17, 15) is 9.59 Å². The Morgan fingerprint density at radius 3 is 2.45 bits per heavy atom. The molecule has 2 amide bonds. The Morgan fingerprint density at radius 1 is 1.06 bits per heavy atom. The average Bonchev–Trinajstić information content (AvgIpc) is 3.12. The Kier molecular flexibility index (Phi) is 7.57. The predicted octanol–water partition coefficient (Wildman–Crippen LogP) is 4.15. The Labute approximate surface area is 186 Å². The molecule has 0 fully saturated rings. The number of para-hydroxylation sites is 1. The number of ether oxygens (including phenoxy) is 2. The Morgan fingerprint density at radius 2 is 1.77 bits per heavy atom. The van der Waals surface area contributed by atoms with Gasteiger partial charge in [0.25, 0.3) is 0 Å². The molecule has 7 nitrogen and oxygen atoms in total. The summed E-state index contributed by atoms with van der Waals surface area (Å²) < 4.78 is 11.9. The van der Waals surface area contributed by atoms with Crippen molar-refractivity contribution in [2.75, 3.05) is 13.2 Å². The van der Waals surface area contributed by atoms with E-state index in [1.807, 2.05) is 43.3 Å². The Bertz CT molecular complexity index is 993. The maximum Gasteiger partial charge on any atom is 0.241 e. The summed E-state index contributed by atoms with van der Waals surface area (Å²) in [6.07, 6.45) is 0.712. The molecule has 8 heteroatoms. The van der Waals surface area contributed by atoms with Gasteiger partial charge in [0.05, 0.1) is 13.2 Å². The van der Waals surface area contributed by atoms with Crippen LogP contribution < -0.4 is 14.8 Å². The van der Waals surface area contributed by atoms with Crippen LogP contribution in [0.3, 0.4) is 0 Å². The highest BCUT2D eigenvalue weighted by Gasteiger charge is 2.34. The fraction of sp³-hybridized carbons (Fsp3) is 0.348. The van der Waals surface area contributed by atoms with Crippen molar-refractivity contribution in [1.29, 1.82) is 0 Å². The van der Waals surface area contributed by atoms with Gasteiger partial charge < -0.3 is 14.8 Å². The minimum atomic E-state index is -0.401. The van der Waals surface area contributed by atoms with E-state index in [1.165, 1.54) is 36.2 Å². The van der Waals surface area contributed by atoms with Crippen molar-refractivity contribution in [2.24, 2.45) is 5.10 Å². The van der Waals surface area contributed by atoms with Crippen LogP contribution in [0.1, 0.15) is 42.3 Å². The van der Waals surface area contributed by atoms with E-state index >= 15 is 0 Å². The van der Waals surface area contributed by atoms with Gasteiger partial charge >= 0.3 is 0 Å². The fourth-order valence-corrected chi connectivity index (χ4v) is 4.33. The second-order valence-corrected chi connectivity index (χ2v) is 8.35. The van der Waals surface area contributed by atoms with Crippen molar-refractivity contribution in [3.8, 4) is 11.5 Å². The minimum absolute atomic E-state index is 0.213. The summed E-state index contributed by atoms with van der Waals surface area (Å²) in [5.74, 6) is 1.11. The van der Waals surface area contributed by atoms with Crippen molar-refractivity contribution in [3.63, 3.8) is 0 Å². The fourth-order valence-electron chi connectivity index (χ4n) is 3.17. The van der Waals surface area contributed by atoms with Crippen molar-refractivity contribution in [2.45, 2.75) is 39.5 Å². The summed E-state index contributed by atoms with van der Waals surface area (Å²) in [5.41, 5.74) is 3.14. The molecule has 1 aliphatic rings. The molecule has 164 valence electrons. The number of rotatable bonds is 7. The number of amidine groups is 1. The zero-order valence-electron chi connectivity index (χ0n) is 18.2. The largest absolute Gasteiger partial charge is 0.493 e. The topological polar surface area (TPSA) is 80.2 Å². The van der Waals surface area contributed by atoms with E-state index in [2.05, 4.69) is 23.4 Å². The number of thioether (sulfide) groups is 1. The van der Waals surface area contributed by atoms with Crippen molar-refractivity contribution >= 4 is 28.7 Å². The number of hydrogen-bond acceptors (Lipinski definition) is 6. The van der Waals surface area contributed by atoms with Gasteiger partial charge in [-0.2, -0.15) is 0 Å². The molecular weight excluding hydrogens is 414 g/mol. The molecule has 1 N–H and O–H groups in total. The van der Waals surface area contributed by atoms with E-state index in [0.717, 1.165) is 16.9 Å². The number of amides is 2. The predicted molar refractivity (Wildman–Crippen MR) is 122 cm³/mol. The first kappa shape index (κ1) is 22.7. The summed E-state index contributed by atoms with van der Waals surface area (Å²) in [6, 6.07) is 13.7. The van der Waals surface area contributed by atoms with Crippen LogP contribution in [0.5, 0.6) is 11.5 Å². The van der Waals surface area contributed by atoms with Crippen molar-refractivity contribution < 1.29 is 19.1 Å². The van der Waals surface area contributed by atoms with Crippen LogP contribution in [0.15, 0.2) is 47.6 Å². The molecule has 0 unspecified atom stereocenters. The molecule has 31 heavy (non-hydrogen) atoms. The van der Waals surface area contributed by atoms with Gasteiger partial charge in [0, 0.05) is 25.8 Å². The van der Waals surface area contributed by atoms with Gasteiger partial charge in [0.15, 0.2) is 5.17 Å². The highest BCUT2D eigenvalue weighted by atomic mass is 32.2. The maximum atomic E-state index is 12.1. The molecule has 3 rings (SSSR count). The Balaban J connectivity index is 1.60. The molecule has 0 spiro atoms. The summed E-state index contributed by atoms with van der Waals surface area (Å²) >= 11 is 1.30. The van der Waals surface area contributed by atoms with Crippen molar-refractivity contribution in [1.82, 2.24) is 10.3 Å². The smallest absolute Gasteiger partial charge is 0.241 e. The first-order chi connectivity index (χ1) is 14.8. The molecule has 1 aliphatic heterocycles. The van der Waals surface area contributed by atoms with Crippen LogP contribution in [-0.4, -0.2) is 35.2 Å². The summed E-state index contributed by atoms with van der Waals surface area (Å²) in [7, 11) is 0. The van der Waals surface area contributed by atoms with Gasteiger partial charge in [-0.25, -0.2) is 5.01 Å². The van der Waals surface area contributed by atoms with Gasteiger partial charge in [-0.1, -0.05) is 47.7 Å². The maximum absolute atomic E-state index is 12.1. The number of hydrazone groups is 1. The molecule has 0 saturated heterocycles. The number of hydrogen-bond donors (Lipinski definition) is 1. The zero-order chi connectivity index (χ0) is 22.4. The van der Waals surface area contributed by atoms with Gasteiger partial charge in [0.2, 0.25) is 11.8 Å². The first-order valence-corrected chi connectivity index (χ1v) is 11.0. The molecule has 1 atom stereocenters. The number of nitrogens with zero attached hydrogens (tertiary/aromatic N) is 2. The van der Waals surface area contributed by atoms with Crippen LogP contribution in [0, 0.1) is 13.8 Å². The second-order valence-electron chi connectivity index (χ2n) is 7.28. The molecule has 2 aromatic carbocycles. The number of nitrogens with one attached hydrogen (secondary N) is 1. The quantitative estimate of drug-likeness (QED) is 0.653. The van der Waals surface area contributed by atoms with E-state index in [4.69, 9.17) is 9.47 Å². The lowest BCUT2D eigenvalue weighted by Gasteiger charge is -2.21. The number of carbonyl (C=O) groups excluding carboxylic acids is 2. The molecule has 0 saturated carbocycles. The average molecular weight is 442 g/mol. The molecule has 0 aromatic heterocycles. The molecule has 0 radical (unpaired) electrons. The number of carbonyl (C=O) groups is 2. The molecule has 2 aromatic rings. The van der Waals surface area contributed by atoms with Gasteiger partial charge in [-0.05, 0) is 31.5 Å². The third-order valence-electron chi connectivity index (χ3n) is 4.57. The van der Waals surface area contributed by atoms with Crippen molar-refractivity contribution in [3.05, 3.63) is 59.2 Å². The first-order valence-electron chi connectivity index (χ1n) is 10.1. The molecule has 0 bridgehead atoms. The van der Waals surface area contributed by atoms with E-state index in [0.29, 0.717) is 30.6 Å². The van der Waals surface area contributed by atoms with Crippen LogP contribution >= 0.6 is 11.8 Å². The lowest BCUT2D eigenvalue weighted by atomic mass is 10.1. The third-order valence-corrected chi connectivity index (χ3v) is 5.65. The second kappa shape index (κ2) is 10.3. The lowest BCUT2D eigenvalue weighted by Crippen LogP contribution is -2.25. The zero-order valence-corrected chi connectivity index (χ0v) is 19.0. The highest BCUT2D eigenvalue weighted by Crippen LogP contribution is 2.42. The molecule has 0 aliphatic carbocycles. The van der Waals surface area contributed by atoms with Gasteiger partial charge in [-0.3, -0.25) is 9.59 Å². The summed E-state index contributed by atoms with van der Waals surface area (Å²) in [5, 5.41) is 8.25. The van der Waals surface area contributed by atoms with E-state index in [-0.39, 0.29) is 11.8 Å². The van der Waals surface area contributed by atoms with E-state index < -0.39 is 5.37 Å². The third kappa shape index (κ3) is 6.01. The number of aryl methyl sites for hydroxylation is 2. The number of benzene rings is 2. The molecule has 1 heterocycles. The van der Waals surface area contributed by atoms with E-state index in [1.54, 1.807) is 0 Å². The minimum Gasteiger partial charge on any atom is -0.493 e. The van der Waals surface area contributed by atoms with Crippen LogP contribution in [0.25, 0.3) is 0 Å². The van der Waals surface area contributed by atoms with Gasteiger partial charge in [0.1, 0.15) is 16.9 Å². The highest BCUT2D eigenvalue weighted by molar-refractivity contribution is 8.14. The SMILES string of the molecule is CC(=O)NC1=NN(C(C)=O)[C@H](c2ccccc2OCCCOc2ccc(C)cc2C)S1. The Hall–Kier alpha value is -3.00.